The van der Waals surface area contributed by atoms with E-state index in [1.807, 2.05) is 0 Å². The fourth-order valence-electron chi connectivity index (χ4n) is 2.28. The van der Waals surface area contributed by atoms with E-state index in [9.17, 15) is 4.79 Å². The molecule has 1 aromatic rings. The summed E-state index contributed by atoms with van der Waals surface area (Å²) in [5, 5.41) is 0. The molecule has 0 atom stereocenters. The maximum atomic E-state index is 12.1. The fraction of sp³-hybridized carbons (Fsp3) is 0.0192. The zero-order chi connectivity index (χ0) is 40.3. The summed E-state index contributed by atoms with van der Waals surface area (Å²) in [6.07, 6.45) is 14.6. The molecule has 56 heavy (non-hydrogen) atoms. The number of carbonyl (C=O) groups excluding carboxylic acids is 1. The summed E-state index contributed by atoms with van der Waals surface area (Å²) in [6, 6.07) is 4.22. The molecule has 0 saturated carbocycles. The molecule has 0 aromatic heterocycles. The second kappa shape index (κ2) is 33.5. The van der Waals surface area contributed by atoms with Crippen molar-refractivity contribution in [3.05, 3.63) is 23.8 Å². The highest BCUT2D eigenvalue weighted by molar-refractivity contribution is 5.90. The molecule has 0 heterocycles. The van der Waals surface area contributed by atoms with Gasteiger partial charge in [0.2, 0.25) is 0 Å². The minimum Gasteiger partial charge on any atom is -0.465 e. The summed E-state index contributed by atoms with van der Waals surface area (Å²) in [7, 11) is 1.22. The molecule has 4 heteroatoms. The van der Waals surface area contributed by atoms with Crippen molar-refractivity contribution in [1.82, 2.24) is 0 Å². The van der Waals surface area contributed by atoms with Gasteiger partial charge >= 0.3 is 5.97 Å². The average molecular weight is 785 g/mol. The Morgan fingerprint density at radius 3 is 0.804 bits per heavy atom. The molecule has 1 rings (SSSR count). The van der Waals surface area contributed by atoms with Crippen LogP contribution in [0.25, 0.3) is 0 Å². The smallest absolute Gasteiger partial charge is 0.338 e. The molecule has 0 fully saturated rings. The quantitative estimate of drug-likeness (QED) is 0.226. The number of methoxy groups -OCH3 is 1. The third-order valence-corrected chi connectivity index (χ3v) is 4.14. The zero-order valence-electron chi connectivity index (χ0n) is 28.5. The maximum absolute atomic E-state index is 12.1. The van der Waals surface area contributed by atoms with Crippen LogP contribution >= 0.6 is 0 Å². The van der Waals surface area contributed by atoms with E-state index in [1.54, 1.807) is 0 Å². The fourth-order valence-corrected chi connectivity index (χ4v) is 2.28. The molecule has 0 unspecified atom stereocenters. The van der Waals surface area contributed by atoms with Crippen molar-refractivity contribution >= 4 is 5.97 Å². The Bertz CT molecular complexity index is 3110. The van der Waals surface area contributed by atoms with Crippen LogP contribution in [0.5, 0.6) is 11.5 Å². The van der Waals surface area contributed by atoms with Gasteiger partial charge in [-0.1, -0.05) is 0 Å². The standard InChI is InChI=1S/C52H8O4.44H2/c1-4-6-8-10-12-14-16-18-20-22-24-26-28-30-32-34-36-38-40-42-44-55-50-46-49(52(53)54-3)47-51(48-50)56-45-43-41-39-37-35-33-31-29-27-25-23-21-19-17-15-13-11-9-7-5-2;;;;;;;;;;;;;;;;;;;;;;;;;;;;;;;;;;;;;;;;;;;;/h1-2,46-48H,3H3;44*1H. The monoisotopic (exact) mass is 785 g/mol. The molecule has 0 saturated heterocycles. The molecule has 0 aliphatic carbocycles. The van der Waals surface area contributed by atoms with Gasteiger partial charge in [-0.15, -0.1) is 12.8 Å². The molecular formula is C52H96O4. The van der Waals surface area contributed by atoms with Gasteiger partial charge in [0, 0.05) is 211 Å². The minimum atomic E-state index is -0.642. The summed E-state index contributed by atoms with van der Waals surface area (Å²) in [5.74, 6) is 97.5. The molecular weight excluding hydrogens is 689 g/mol. The van der Waals surface area contributed by atoms with Crippen molar-refractivity contribution in [3.8, 4) is 273 Å². The van der Waals surface area contributed by atoms with Gasteiger partial charge in [0.1, 0.15) is 23.7 Å². The first kappa shape index (κ1) is 42.6. The molecule has 0 aliphatic rings. The number of esters is 1. The number of ether oxygens (including phenoxy) is 3. The Morgan fingerprint density at radius 2 is 0.589 bits per heavy atom. The van der Waals surface area contributed by atoms with Crippen molar-refractivity contribution < 1.29 is 81.8 Å². The molecule has 0 spiro atoms. The average Bonchev–Trinajstić information content (AvgIpc) is 3.21. The van der Waals surface area contributed by atoms with Crippen LogP contribution in [0.1, 0.15) is 73.1 Å². The summed E-state index contributed by atoms with van der Waals surface area (Å²) in [4.78, 5) is 12.1. The summed E-state index contributed by atoms with van der Waals surface area (Å²) in [6.45, 7) is 0. The van der Waals surface area contributed by atoms with Gasteiger partial charge in [0.25, 0.3) is 0 Å². The minimum absolute atomic E-state index is 0. The van der Waals surface area contributed by atoms with Gasteiger partial charge < -0.3 is 14.2 Å². The predicted octanol–water partition coefficient (Wildman–Crippen LogP) is 12.3. The van der Waals surface area contributed by atoms with Gasteiger partial charge in [0.15, 0.2) is 0 Å². The zero-order valence-corrected chi connectivity index (χ0v) is 28.5. The van der Waals surface area contributed by atoms with E-state index in [1.165, 1.54) is 25.3 Å². The summed E-state index contributed by atoms with van der Waals surface area (Å²) < 4.78 is 15.4. The Kier molecular flexibility index (Phi) is 25.5. The lowest BCUT2D eigenvalue weighted by Gasteiger charge is -2.05. The molecule has 0 aliphatic heterocycles. The van der Waals surface area contributed by atoms with E-state index in [4.69, 9.17) is 27.1 Å². The third kappa shape index (κ3) is 26.7. The van der Waals surface area contributed by atoms with E-state index >= 15 is 0 Å². The Labute approximate surface area is 393 Å². The van der Waals surface area contributed by atoms with Gasteiger partial charge in [-0.25, -0.2) is 4.79 Å². The molecule has 4 nitrogen and oxygen atoms in total. The lowest BCUT2D eigenvalue weighted by atomic mass is 10.2. The highest BCUT2D eigenvalue weighted by atomic mass is 16.5. The maximum Gasteiger partial charge on any atom is 0.338 e. The van der Waals surface area contributed by atoms with Crippen LogP contribution in [-0.4, -0.2) is 13.1 Å². The van der Waals surface area contributed by atoms with Crippen molar-refractivity contribution in [2.45, 2.75) is 0 Å². The molecule has 0 N–H and O–H groups in total. The van der Waals surface area contributed by atoms with Crippen LogP contribution in [-0.2, 0) is 4.74 Å². The molecule has 0 amide bonds. The molecule has 0 bridgehead atoms. The number of hydrogen-bond acceptors (Lipinski definition) is 4. The van der Waals surface area contributed by atoms with Gasteiger partial charge in [-0.05, 0) is 107 Å². The van der Waals surface area contributed by atoms with Crippen LogP contribution in [0.4, 0.5) is 0 Å². The number of terminal acetylenes is 2. The van der Waals surface area contributed by atoms with Crippen LogP contribution < -0.4 is 9.47 Å². The number of benzene rings is 1. The van der Waals surface area contributed by atoms with Crippen LogP contribution in [0.2, 0.25) is 0 Å². The number of rotatable bonds is 3. The van der Waals surface area contributed by atoms with Crippen LogP contribution in [0.15, 0.2) is 18.2 Å². The Hall–Kier alpha value is -11.4. The second-order valence-corrected chi connectivity index (χ2v) is 7.63. The van der Waals surface area contributed by atoms with E-state index in [0.717, 1.165) is 0 Å². The molecule has 1 aromatic carbocycles. The first-order chi connectivity index (χ1) is 27.7. The van der Waals surface area contributed by atoms with Gasteiger partial charge in [0.05, 0.1) is 12.7 Å². The van der Waals surface area contributed by atoms with Gasteiger partial charge in [-0.2, -0.15) is 0 Å². The van der Waals surface area contributed by atoms with E-state index in [0.29, 0.717) is 0 Å². The molecule has 0 radical (unpaired) electrons. The Morgan fingerprint density at radius 1 is 0.375 bits per heavy atom. The molecule has 328 valence electrons. The lowest BCUT2D eigenvalue weighted by Crippen LogP contribution is -2.02. The normalized spacial score (nSPS) is 5.27. The Balaban J connectivity index is -0.0000000170. The lowest BCUT2D eigenvalue weighted by molar-refractivity contribution is 0.0600. The van der Waals surface area contributed by atoms with E-state index < -0.39 is 5.97 Å². The highest BCUT2D eigenvalue weighted by Gasteiger charge is 2.10. The predicted molar refractivity (Wildman–Crippen MR) is 305 cm³/mol. The van der Waals surface area contributed by atoms with Crippen molar-refractivity contribution in [1.29, 1.82) is 0 Å². The number of hydrogen-bond donors (Lipinski definition) is 0. The first-order valence-electron chi connectivity index (χ1n) is 14.2. The van der Waals surface area contributed by atoms with E-state index in [-0.39, 0.29) is 79.8 Å². The topological polar surface area (TPSA) is 44.8 Å². The van der Waals surface area contributed by atoms with Crippen molar-refractivity contribution in [3.63, 3.8) is 0 Å². The van der Waals surface area contributed by atoms with Crippen LogP contribution in [0, 0.1) is 262 Å². The van der Waals surface area contributed by atoms with Crippen molar-refractivity contribution in [2.24, 2.45) is 0 Å². The summed E-state index contributed by atoms with van der Waals surface area (Å²) in [5.41, 5.74) is 0.122. The SMILES string of the molecule is C#CC#CC#CC#CC#CC#CC#CC#CC#CC#CC#COc1cc(OC#CC#CC#CC#CC#CC#CC#CC#CC#CC#CC#C)cc(C(=O)OC)c1.[HH].[HH].[HH].[HH].[HH].[HH].[HH].[HH].[HH].[HH].[HH].[HH].[HH].[HH].[HH].[HH].[HH].[HH].[HH].[HH].[HH].[HH].[HH].[HH].[HH].[HH].[HH].[HH].[HH].[HH].[HH].[HH].[HH].[HH].[HH].[HH].[HH].[HH].[HH].[HH].[HH].[HH].[HH].[HH]. The second-order valence-electron chi connectivity index (χ2n) is 7.63. The van der Waals surface area contributed by atoms with Crippen LogP contribution in [0.3, 0.4) is 0 Å². The first-order valence-corrected chi connectivity index (χ1v) is 14.2. The van der Waals surface area contributed by atoms with Gasteiger partial charge in [-0.3, -0.25) is 0 Å². The number of carbonyl (C=O) groups is 1. The van der Waals surface area contributed by atoms with E-state index in [2.05, 4.69) is 249 Å². The third-order valence-electron chi connectivity index (χ3n) is 4.14. The van der Waals surface area contributed by atoms with Crippen molar-refractivity contribution in [2.75, 3.05) is 7.11 Å². The largest absolute Gasteiger partial charge is 0.465 e. The summed E-state index contributed by atoms with van der Waals surface area (Å²) >= 11 is 0. The highest BCUT2D eigenvalue weighted by Crippen LogP contribution is 2.23.